The summed E-state index contributed by atoms with van der Waals surface area (Å²) >= 11 is 0. The lowest BCUT2D eigenvalue weighted by molar-refractivity contribution is -0.160. The van der Waals surface area contributed by atoms with Crippen molar-refractivity contribution in [3.8, 4) is 0 Å². The Kier molecular flexibility index (Phi) is 15.7. The molecule has 1 amide bonds. The molecule has 4 saturated carbocycles. The predicted molar refractivity (Wildman–Crippen MR) is 312 cm³/mol. The first-order valence-corrected chi connectivity index (χ1v) is 30.9. The Morgan fingerprint density at radius 1 is 0.731 bits per heavy atom. The van der Waals surface area contributed by atoms with Crippen molar-refractivity contribution in [1.29, 1.82) is 0 Å². The molecule has 0 unspecified atom stereocenters. The highest BCUT2D eigenvalue weighted by molar-refractivity contribution is 5.75. The number of ether oxygens (including phenoxy) is 4. The number of likely N-dealkylation sites (tertiary alicyclic amines) is 1. The highest BCUT2D eigenvalue weighted by atomic mass is 16.6. The fraction of sp³-hybridized carbons (Fsp3) is 0.768. The smallest absolute Gasteiger partial charge is 0.410 e. The quantitative estimate of drug-likeness (QED) is 0.228. The standard InChI is InChI=1S/C40H55NO5.C27H41NO2.2CH4/c1-24-19-34-35(41(22-24)37(43)44-23-27-11-9-8-10-12-27)26(3)40(46-34)18-16-30-31-14-13-28-20-29(45-36(42)38(4,5)6)15-17-39(28,7)33(31)21-32(30)25(40)2;1-15-11-24-25(28-14-15)17(3)27(30-24)10-8-20-21-6-5-18-12-19(29)7-9-26(18,4)23(21)13-22(20)16(27)2;;/h8-13,24,26,29-31,33-35H,14-23H2,1-7H3;5,15,17,19-21,23-25,28-29H,6-14H2,1-4H3;2*1H4/t24-,26+,29-,30-,31-,33-,34+,35-,39-,40-;15-,17+,19-,20-,21-,23-,24+,25-,26-,27-;;/m00../s1. The Morgan fingerprint density at radius 3 is 1.91 bits per heavy atom. The summed E-state index contributed by atoms with van der Waals surface area (Å²) in [7, 11) is 0. The molecule has 0 aromatic heterocycles. The molecule has 12 aliphatic rings. The Hall–Kier alpha value is -3.24. The third-order valence-corrected chi connectivity index (χ3v) is 24.2. The molecule has 20 atom stereocenters. The fourth-order valence-electron chi connectivity index (χ4n) is 19.8. The topological polar surface area (TPSA) is 107 Å². The minimum Gasteiger partial charge on any atom is -0.462 e. The molecule has 4 aliphatic heterocycles. The monoisotopic (exact) mass is 1070 g/mol. The number of allylic oxidation sites excluding steroid dienone is 4. The summed E-state index contributed by atoms with van der Waals surface area (Å²) in [5, 5.41) is 14.1. The highest BCUT2D eigenvalue weighted by Crippen LogP contribution is 2.67. The molecule has 4 saturated heterocycles. The summed E-state index contributed by atoms with van der Waals surface area (Å²) in [5.41, 5.74) is 10.3. The van der Waals surface area contributed by atoms with Gasteiger partial charge in [0.25, 0.3) is 0 Å². The van der Waals surface area contributed by atoms with Crippen LogP contribution in [0.4, 0.5) is 4.79 Å². The first-order valence-electron chi connectivity index (χ1n) is 30.9. The predicted octanol–water partition coefficient (Wildman–Crippen LogP) is 14.9. The van der Waals surface area contributed by atoms with Crippen LogP contribution in [-0.4, -0.2) is 82.9 Å². The van der Waals surface area contributed by atoms with Crippen molar-refractivity contribution in [2.24, 2.45) is 75.4 Å². The van der Waals surface area contributed by atoms with E-state index < -0.39 is 5.41 Å². The number of carbonyl (C=O) groups is 2. The number of nitrogens with zero attached hydrogens (tertiary/aromatic N) is 1. The highest BCUT2D eigenvalue weighted by Gasteiger charge is 2.64. The molecule has 432 valence electrons. The van der Waals surface area contributed by atoms with Crippen LogP contribution >= 0.6 is 0 Å². The van der Waals surface area contributed by atoms with Crippen LogP contribution in [0.1, 0.15) is 199 Å². The molecule has 8 fully saturated rings. The van der Waals surface area contributed by atoms with E-state index in [0.29, 0.717) is 53.8 Å². The van der Waals surface area contributed by atoms with Crippen LogP contribution < -0.4 is 5.32 Å². The van der Waals surface area contributed by atoms with Crippen LogP contribution in [0.15, 0.2) is 75.9 Å². The summed E-state index contributed by atoms with van der Waals surface area (Å²) in [4.78, 5) is 28.3. The van der Waals surface area contributed by atoms with Crippen molar-refractivity contribution in [2.45, 2.75) is 248 Å². The number of aliphatic hydroxyl groups is 1. The molecular formula is C69H104N2O7. The number of nitrogens with one attached hydrogen (secondary N) is 1. The minimum atomic E-state index is -0.470. The maximum atomic E-state index is 13.6. The summed E-state index contributed by atoms with van der Waals surface area (Å²) in [6.07, 6.45) is 22.9. The van der Waals surface area contributed by atoms with Gasteiger partial charge in [-0.1, -0.05) is 121 Å². The van der Waals surface area contributed by atoms with E-state index in [-0.39, 0.29) is 73.8 Å². The van der Waals surface area contributed by atoms with Gasteiger partial charge < -0.3 is 34.3 Å². The number of benzene rings is 1. The van der Waals surface area contributed by atoms with E-state index in [1.54, 1.807) is 22.3 Å². The average Bonchev–Trinajstić information content (AvgIpc) is 4.30. The third kappa shape index (κ3) is 9.30. The summed E-state index contributed by atoms with van der Waals surface area (Å²) in [6.45, 7) is 27.2. The van der Waals surface area contributed by atoms with Crippen LogP contribution in [0.2, 0.25) is 0 Å². The molecule has 9 heteroatoms. The molecule has 1 aromatic rings. The number of esters is 1. The van der Waals surface area contributed by atoms with Gasteiger partial charge in [-0.3, -0.25) is 4.79 Å². The van der Waals surface area contributed by atoms with E-state index in [9.17, 15) is 14.7 Å². The van der Waals surface area contributed by atoms with Crippen molar-refractivity contribution in [3.05, 3.63) is 81.5 Å². The van der Waals surface area contributed by atoms with Gasteiger partial charge in [0.05, 0.1) is 41.0 Å². The van der Waals surface area contributed by atoms with Gasteiger partial charge in [0.1, 0.15) is 12.7 Å². The van der Waals surface area contributed by atoms with Crippen molar-refractivity contribution in [3.63, 3.8) is 0 Å². The molecule has 4 heterocycles. The molecule has 2 spiro atoms. The van der Waals surface area contributed by atoms with E-state index >= 15 is 0 Å². The third-order valence-electron chi connectivity index (χ3n) is 24.2. The van der Waals surface area contributed by atoms with Gasteiger partial charge in [-0.15, -0.1) is 0 Å². The van der Waals surface area contributed by atoms with Crippen molar-refractivity contribution in [1.82, 2.24) is 10.2 Å². The van der Waals surface area contributed by atoms with Crippen LogP contribution in [-0.2, 0) is 30.3 Å². The van der Waals surface area contributed by atoms with Gasteiger partial charge in [-0.25, -0.2) is 4.79 Å². The number of rotatable bonds is 3. The maximum absolute atomic E-state index is 13.6. The van der Waals surface area contributed by atoms with Gasteiger partial charge in [0, 0.05) is 30.8 Å². The molecule has 0 radical (unpaired) electrons. The van der Waals surface area contributed by atoms with E-state index in [2.05, 4.69) is 72.9 Å². The second kappa shape index (κ2) is 21.2. The zero-order chi connectivity index (χ0) is 53.4. The van der Waals surface area contributed by atoms with Gasteiger partial charge in [0.2, 0.25) is 0 Å². The number of aliphatic hydroxyl groups excluding tert-OH is 1. The zero-order valence-corrected chi connectivity index (χ0v) is 48.6. The normalized spacial score (nSPS) is 44.8. The summed E-state index contributed by atoms with van der Waals surface area (Å²) in [5.74, 6) is 6.06. The van der Waals surface area contributed by atoms with Gasteiger partial charge >= 0.3 is 12.1 Å². The first-order chi connectivity index (χ1) is 36.1. The van der Waals surface area contributed by atoms with Crippen LogP contribution in [0.5, 0.6) is 0 Å². The van der Waals surface area contributed by atoms with Crippen molar-refractivity contribution < 1.29 is 33.6 Å². The lowest BCUT2D eigenvalue weighted by Crippen LogP contribution is -2.54. The Morgan fingerprint density at radius 2 is 1.29 bits per heavy atom. The Bertz CT molecular complexity index is 2560. The maximum Gasteiger partial charge on any atom is 0.410 e. The second-order valence-corrected chi connectivity index (χ2v) is 29.2. The number of carbonyl (C=O) groups excluding carboxylic acids is 2. The van der Waals surface area contributed by atoms with Crippen molar-refractivity contribution >= 4 is 12.1 Å². The van der Waals surface area contributed by atoms with Crippen LogP contribution in [0.3, 0.4) is 0 Å². The molecule has 8 aliphatic carbocycles. The lowest BCUT2D eigenvalue weighted by atomic mass is 9.56. The van der Waals surface area contributed by atoms with E-state index in [1.807, 2.05) is 56.0 Å². The summed E-state index contributed by atoms with van der Waals surface area (Å²) < 4.78 is 26.2. The zero-order valence-electron chi connectivity index (χ0n) is 48.6. The molecular weight excluding hydrogens is 969 g/mol. The Balaban J connectivity index is 0.000000186. The van der Waals surface area contributed by atoms with E-state index in [0.717, 1.165) is 107 Å². The number of hydrogen-bond donors (Lipinski definition) is 2. The number of fused-ring (bicyclic) bond motifs is 12. The number of hydrogen-bond acceptors (Lipinski definition) is 8. The van der Waals surface area contributed by atoms with Crippen LogP contribution in [0.25, 0.3) is 0 Å². The second-order valence-electron chi connectivity index (χ2n) is 29.2. The van der Waals surface area contributed by atoms with Gasteiger partial charge in [-0.05, 0) is 212 Å². The van der Waals surface area contributed by atoms with Gasteiger partial charge in [0.15, 0.2) is 0 Å². The van der Waals surface area contributed by atoms with E-state index in [1.165, 1.54) is 49.7 Å². The largest absolute Gasteiger partial charge is 0.462 e. The SMILES string of the molecule is C.C.CC1=C2C[C@H]3[C@@H](CC=C4C[C@@H](O)CC[C@@]43C)[C@@H]2CC[C@]12O[C@@H]1C[C@H](C)CN[C@H]1[C@H]2C.CC1=C2C[C@H]3[C@@H](CC=C4C[C@@H](OC(=O)C(C)(C)C)CC[C@@]43C)[C@@H]2CC[C@]12O[C@@H]1C[C@H](C)CN(C(=O)OCc3ccccc3)[C@H]1[C@H]2C. The minimum absolute atomic E-state index is 0. The van der Waals surface area contributed by atoms with E-state index in [4.69, 9.17) is 18.9 Å². The Labute approximate surface area is 471 Å². The molecule has 2 N–H and O–H groups in total. The molecule has 0 bridgehead atoms. The number of amides is 1. The molecule has 78 heavy (non-hydrogen) atoms. The summed E-state index contributed by atoms with van der Waals surface area (Å²) in [6, 6.07) is 10.5. The molecule has 9 nitrogen and oxygen atoms in total. The average molecular weight is 1070 g/mol. The molecule has 1 aromatic carbocycles. The number of piperidine rings is 2. The van der Waals surface area contributed by atoms with Crippen molar-refractivity contribution in [2.75, 3.05) is 13.1 Å². The fourth-order valence-corrected chi connectivity index (χ4v) is 19.8. The van der Waals surface area contributed by atoms with Crippen LogP contribution in [0, 0.1) is 75.4 Å². The lowest BCUT2D eigenvalue weighted by Gasteiger charge is -2.49. The van der Waals surface area contributed by atoms with Gasteiger partial charge in [-0.2, -0.15) is 0 Å². The molecule has 13 rings (SSSR count). The first kappa shape index (κ1) is 58.0.